The lowest BCUT2D eigenvalue weighted by atomic mass is 9.99. The van der Waals surface area contributed by atoms with Crippen LogP contribution in [0.25, 0.3) is 49.0 Å². The predicted molar refractivity (Wildman–Crippen MR) is 129 cm³/mol. The molecule has 6 rings (SSSR count). The third-order valence-corrected chi connectivity index (χ3v) is 6.60. The van der Waals surface area contributed by atoms with Crippen LogP contribution >= 0.6 is 27.5 Å². The lowest BCUT2D eigenvalue weighted by Crippen LogP contribution is -1.96. The Morgan fingerprint density at radius 3 is 2.28 bits per heavy atom. The molecule has 6 aromatic rings. The highest BCUT2D eigenvalue weighted by Gasteiger charge is 2.17. The number of benzene rings is 5. The zero-order valence-electron chi connectivity index (χ0n) is 15.4. The van der Waals surface area contributed by atoms with Gasteiger partial charge in [-0.1, -0.05) is 78.3 Å². The van der Waals surface area contributed by atoms with E-state index in [1.165, 1.54) is 43.4 Å². The molecule has 1 heterocycles. The molecule has 0 radical (unpaired) electrons. The fourth-order valence-electron chi connectivity index (χ4n) is 4.45. The summed E-state index contributed by atoms with van der Waals surface area (Å²) in [6.07, 6.45) is 0. The maximum atomic E-state index is 6.42. The first kappa shape index (κ1) is 17.1. The maximum Gasteiger partial charge on any atom is 0.0626 e. The monoisotopic (exact) mass is 455 g/mol. The molecule has 0 unspecified atom stereocenters. The molecule has 0 aliphatic heterocycles. The number of nitrogens with zero attached hydrogens (tertiary/aromatic N) is 1. The second kappa shape index (κ2) is 6.35. The topological polar surface area (TPSA) is 4.93 Å². The third-order valence-electron chi connectivity index (χ3n) is 5.69. The summed E-state index contributed by atoms with van der Waals surface area (Å²) >= 11 is 10.2. The zero-order chi connectivity index (χ0) is 19.5. The van der Waals surface area contributed by atoms with E-state index in [-0.39, 0.29) is 0 Å². The number of aromatic nitrogens is 1. The Hall–Kier alpha value is -2.81. The van der Waals surface area contributed by atoms with Crippen molar-refractivity contribution in [2.75, 3.05) is 0 Å². The minimum Gasteiger partial charge on any atom is -0.307 e. The van der Waals surface area contributed by atoms with Gasteiger partial charge in [0.1, 0.15) is 0 Å². The van der Waals surface area contributed by atoms with Crippen molar-refractivity contribution in [3.63, 3.8) is 0 Å². The number of para-hydroxylation sites is 1. The van der Waals surface area contributed by atoms with Crippen LogP contribution in [0.1, 0.15) is 0 Å². The molecule has 0 aliphatic carbocycles. The second-order valence-corrected chi connectivity index (χ2v) is 8.59. The van der Waals surface area contributed by atoms with E-state index in [0.717, 1.165) is 15.2 Å². The molecule has 0 saturated carbocycles. The normalized spacial score (nSPS) is 11.8. The number of rotatable bonds is 1. The Morgan fingerprint density at radius 1 is 0.655 bits per heavy atom. The van der Waals surface area contributed by atoms with Crippen molar-refractivity contribution in [2.45, 2.75) is 0 Å². The standard InChI is InChI=1S/C26H15BrClN/c27-22-14-12-18(28)15-24(22)29-23-8-4-3-7-20(23)21-13-11-17-10-9-16-5-1-2-6-19(16)25(17)26(21)29/h1-15H. The maximum absolute atomic E-state index is 6.42. The van der Waals surface area contributed by atoms with Gasteiger partial charge in [-0.15, -0.1) is 0 Å². The third kappa shape index (κ3) is 2.46. The van der Waals surface area contributed by atoms with E-state index in [4.69, 9.17) is 11.6 Å². The van der Waals surface area contributed by atoms with Crippen LogP contribution in [0.2, 0.25) is 5.02 Å². The van der Waals surface area contributed by atoms with E-state index < -0.39 is 0 Å². The molecule has 0 fully saturated rings. The average Bonchev–Trinajstić information content (AvgIpc) is 3.09. The van der Waals surface area contributed by atoms with E-state index in [2.05, 4.69) is 93.3 Å². The Bertz CT molecular complexity index is 1580. The molecule has 1 nitrogen and oxygen atoms in total. The van der Waals surface area contributed by atoms with Crippen LogP contribution in [-0.2, 0) is 0 Å². The smallest absolute Gasteiger partial charge is 0.0626 e. The molecular weight excluding hydrogens is 442 g/mol. The quantitative estimate of drug-likeness (QED) is 0.218. The van der Waals surface area contributed by atoms with Crippen molar-refractivity contribution in [1.29, 1.82) is 0 Å². The molecule has 0 spiro atoms. The summed E-state index contributed by atoms with van der Waals surface area (Å²) in [6.45, 7) is 0. The summed E-state index contributed by atoms with van der Waals surface area (Å²) in [4.78, 5) is 0. The van der Waals surface area contributed by atoms with Crippen molar-refractivity contribution in [3.05, 3.63) is 100 Å². The summed E-state index contributed by atoms with van der Waals surface area (Å²) in [5, 5.41) is 8.22. The van der Waals surface area contributed by atoms with Crippen LogP contribution in [0.15, 0.2) is 95.5 Å². The lowest BCUT2D eigenvalue weighted by Gasteiger charge is -2.13. The average molecular weight is 457 g/mol. The van der Waals surface area contributed by atoms with Gasteiger partial charge in [0, 0.05) is 25.7 Å². The Kier molecular flexibility index (Phi) is 3.74. The van der Waals surface area contributed by atoms with Gasteiger partial charge in [-0.3, -0.25) is 0 Å². The molecule has 0 bridgehead atoms. The molecule has 5 aromatic carbocycles. The van der Waals surface area contributed by atoms with E-state index in [1.807, 2.05) is 18.2 Å². The van der Waals surface area contributed by atoms with Gasteiger partial charge in [0.15, 0.2) is 0 Å². The van der Waals surface area contributed by atoms with Gasteiger partial charge in [-0.05, 0) is 56.4 Å². The predicted octanol–water partition coefficient (Wildman–Crippen LogP) is 8.51. The van der Waals surface area contributed by atoms with Gasteiger partial charge >= 0.3 is 0 Å². The van der Waals surface area contributed by atoms with Gasteiger partial charge in [-0.2, -0.15) is 0 Å². The van der Waals surface area contributed by atoms with Crippen LogP contribution in [0.3, 0.4) is 0 Å². The molecule has 138 valence electrons. The van der Waals surface area contributed by atoms with Crippen LogP contribution in [0.4, 0.5) is 0 Å². The first-order chi connectivity index (χ1) is 14.2. The number of fused-ring (bicyclic) bond motifs is 7. The first-order valence-electron chi connectivity index (χ1n) is 9.51. The SMILES string of the molecule is Clc1ccc(Br)c(-n2c3ccccc3c3ccc4ccc5ccccc5c4c32)c1. The van der Waals surface area contributed by atoms with Crippen molar-refractivity contribution in [2.24, 2.45) is 0 Å². The molecular formula is C26H15BrClN. The molecule has 1 aromatic heterocycles. The lowest BCUT2D eigenvalue weighted by molar-refractivity contribution is 1.17. The first-order valence-corrected chi connectivity index (χ1v) is 10.7. The van der Waals surface area contributed by atoms with Gasteiger partial charge in [-0.25, -0.2) is 0 Å². The van der Waals surface area contributed by atoms with Gasteiger partial charge in [0.25, 0.3) is 0 Å². The van der Waals surface area contributed by atoms with Gasteiger partial charge in [0.05, 0.1) is 16.7 Å². The number of hydrogen-bond acceptors (Lipinski definition) is 0. The van der Waals surface area contributed by atoms with E-state index in [9.17, 15) is 0 Å². The second-order valence-electron chi connectivity index (χ2n) is 7.29. The molecule has 0 N–H and O–H groups in total. The molecule has 29 heavy (non-hydrogen) atoms. The Labute approximate surface area is 181 Å². The van der Waals surface area contributed by atoms with Gasteiger partial charge in [0.2, 0.25) is 0 Å². The number of halogens is 2. The fraction of sp³-hybridized carbons (Fsp3) is 0. The van der Waals surface area contributed by atoms with Crippen molar-refractivity contribution < 1.29 is 0 Å². The molecule has 0 aliphatic rings. The Morgan fingerprint density at radius 2 is 1.38 bits per heavy atom. The molecule has 3 heteroatoms. The van der Waals surface area contributed by atoms with Crippen LogP contribution < -0.4 is 0 Å². The molecule has 0 amide bonds. The van der Waals surface area contributed by atoms with Crippen molar-refractivity contribution >= 4 is 70.9 Å². The summed E-state index contributed by atoms with van der Waals surface area (Å²) in [5.41, 5.74) is 3.43. The van der Waals surface area contributed by atoms with Crippen molar-refractivity contribution in [1.82, 2.24) is 4.57 Å². The number of hydrogen-bond donors (Lipinski definition) is 0. The highest BCUT2D eigenvalue weighted by Crippen LogP contribution is 2.40. The minimum atomic E-state index is 0.722. The highest BCUT2D eigenvalue weighted by molar-refractivity contribution is 9.10. The summed E-state index contributed by atoms with van der Waals surface area (Å²) in [5.74, 6) is 0. The highest BCUT2D eigenvalue weighted by atomic mass is 79.9. The van der Waals surface area contributed by atoms with Crippen molar-refractivity contribution in [3.8, 4) is 5.69 Å². The Balaban J connectivity index is 1.96. The summed E-state index contributed by atoms with van der Waals surface area (Å²) in [6, 6.07) is 32.0. The van der Waals surface area contributed by atoms with Crippen LogP contribution in [0.5, 0.6) is 0 Å². The van der Waals surface area contributed by atoms with Gasteiger partial charge < -0.3 is 4.57 Å². The minimum absolute atomic E-state index is 0.722. The van der Waals surface area contributed by atoms with E-state index in [0.29, 0.717) is 0 Å². The summed E-state index contributed by atoms with van der Waals surface area (Å²) in [7, 11) is 0. The van der Waals surface area contributed by atoms with E-state index in [1.54, 1.807) is 0 Å². The zero-order valence-corrected chi connectivity index (χ0v) is 17.7. The van der Waals surface area contributed by atoms with E-state index >= 15 is 0 Å². The largest absolute Gasteiger partial charge is 0.307 e. The van der Waals surface area contributed by atoms with Crippen LogP contribution in [-0.4, -0.2) is 4.57 Å². The van der Waals surface area contributed by atoms with Crippen LogP contribution in [0, 0.1) is 0 Å². The summed E-state index contributed by atoms with van der Waals surface area (Å²) < 4.78 is 3.36. The molecule has 0 atom stereocenters. The fourth-order valence-corrected chi connectivity index (χ4v) is 5.04. The molecule has 0 saturated heterocycles.